The number of benzene rings is 1. The van der Waals surface area contributed by atoms with Gasteiger partial charge < -0.3 is 10.0 Å². The molecule has 7 nitrogen and oxygen atoms in total. The van der Waals surface area contributed by atoms with Crippen LogP contribution in [0.25, 0.3) is 0 Å². The summed E-state index contributed by atoms with van der Waals surface area (Å²) in [5.41, 5.74) is 0.392. The van der Waals surface area contributed by atoms with Gasteiger partial charge in [0, 0.05) is 18.7 Å². The van der Waals surface area contributed by atoms with Gasteiger partial charge in [0.2, 0.25) is 10.0 Å². The van der Waals surface area contributed by atoms with E-state index in [0.717, 1.165) is 6.42 Å². The molecule has 1 aromatic carbocycles. The lowest BCUT2D eigenvalue weighted by atomic mass is 10.1. The lowest BCUT2D eigenvalue weighted by Crippen LogP contribution is -2.40. The van der Waals surface area contributed by atoms with Crippen LogP contribution in [-0.2, 0) is 14.8 Å². The molecular formula is C17H26N2O5S. The number of carboxylic acids is 1. The molecule has 0 spiro atoms. The van der Waals surface area contributed by atoms with Crippen LogP contribution in [0.4, 0.5) is 0 Å². The molecule has 0 radical (unpaired) electrons. The molecule has 0 fully saturated rings. The third kappa shape index (κ3) is 5.82. The van der Waals surface area contributed by atoms with Crippen LogP contribution in [0.1, 0.15) is 50.4 Å². The monoisotopic (exact) mass is 370 g/mol. The van der Waals surface area contributed by atoms with E-state index in [4.69, 9.17) is 5.11 Å². The molecule has 1 aromatic rings. The second-order valence-corrected chi connectivity index (χ2v) is 7.37. The van der Waals surface area contributed by atoms with E-state index in [1.807, 2.05) is 20.8 Å². The zero-order chi connectivity index (χ0) is 19.0. The predicted octanol–water partition coefficient (Wildman–Crippen LogP) is 2.09. The molecule has 0 aliphatic carbocycles. The number of carboxylic acid groups (broad SMARTS) is 1. The summed E-state index contributed by atoms with van der Waals surface area (Å²) in [6, 6.07) is 4.35. The van der Waals surface area contributed by atoms with Crippen LogP contribution in [-0.4, -0.2) is 49.4 Å². The van der Waals surface area contributed by atoms with E-state index >= 15 is 0 Å². The number of sulfonamides is 1. The van der Waals surface area contributed by atoms with Gasteiger partial charge in [-0.2, -0.15) is 4.72 Å². The van der Waals surface area contributed by atoms with Crippen molar-refractivity contribution in [1.82, 2.24) is 9.62 Å². The SMILES string of the molecule is CCCCC(NS(=O)(=O)c1ccc(C(=O)N(CC)CC)cc1)C(=O)O. The lowest BCUT2D eigenvalue weighted by molar-refractivity contribution is -0.139. The minimum Gasteiger partial charge on any atom is -0.480 e. The smallest absolute Gasteiger partial charge is 0.321 e. The minimum absolute atomic E-state index is 0.0636. The molecule has 140 valence electrons. The average Bonchev–Trinajstić information content (AvgIpc) is 2.59. The molecule has 0 bridgehead atoms. The van der Waals surface area contributed by atoms with Crippen molar-refractivity contribution < 1.29 is 23.1 Å². The maximum Gasteiger partial charge on any atom is 0.321 e. The first-order valence-corrected chi connectivity index (χ1v) is 9.89. The van der Waals surface area contributed by atoms with E-state index in [-0.39, 0.29) is 17.2 Å². The highest BCUT2D eigenvalue weighted by molar-refractivity contribution is 7.89. The van der Waals surface area contributed by atoms with Gasteiger partial charge in [-0.3, -0.25) is 9.59 Å². The summed E-state index contributed by atoms with van der Waals surface area (Å²) in [7, 11) is -3.96. The number of nitrogens with one attached hydrogen (secondary N) is 1. The summed E-state index contributed by atoms with van der Waals surface area (Å²) in [5, 5.41) is 9.17. The number of amides is 1. The first-order valence-electron chi connectivity index (χ1n) is 8.41. The molecule has 0 aliphatic heterocycles. The normalized spacial score (nSPS) is 12.6. The van der Waals surface area contributed by atoms with Crippen molar-refractivity contribution in [1.29, 1.82) is 0 Å². The molecule has 0 heterocycles. The Bertz CT molecular complexity index is 681. The fourth-order valence-corrected chi connectivity index (χ4v) is 3.59. The molecule has 25 heavy (non-hydrogen) atoms. The third-order valence-corrected chi connectivity index (χ3v) is 5.39. The van der Waals surface area contributed by atoms with Gasteiger partial charge in [-0.05, 0) is 44.5 Å². The first-order chi connectivity index (χ1) is 11.8. The molecular weight excluding hydrogens is 344 g/mol. The molecule has 0 aromatic heterocycles. The highest BCUT2D eigenvalue weighted by Gasteiger charge is 2.25. The van der Waals surface area contributed by atoms with Crippen LogP contribution in [0.15, 0.2) is 29.2 Å². The van der Waals surface area contributed by atoms with E-state index in [9.17, 15) is 18.0 Å². The zero-order valence-corrected chi connectivity index (χ0v) is 15.7. The van der Waals surface area contributed by atoms with Crippen molar-refractivity contribution in [2.45, 2.75) is 51.0 Å². The van der Waals surface area contributed by atoms with Crippen molar-refractivity contribution in [3.63, 3.8) is 0 Å². The van der Waals surface area contributed by atoms with Crippen LogP contribution in [0, 0.1) is 0 Å². The fourth-order valence-electron chi connectivity index (χ4n) is 2.37. The van der Waals surface area contributed by atoms with Crippen LogP contribution in [0.3, 0.4) is 0 Å². The van der Waals surface area contributed by atoms with Gasteiger partial charge in [-0.15, -0.1) is 0 Å². The minimum atomic E-state index is -3.96. The lowest BCUT2D eigenvalue weighted by Gasteiger charge is -2.19. The van der Waals surface area contributed by atoms with Crippen LogP contribution < -0.4 is 4.72 Å². The molecule has 2 N–H and O–H groups in total. The van der Waals surface area contributed by atoms with E-state index < -0.39 is 22.0 Å². The Labute approximate surface area is 149 Å². The summed E-state index contributed by atoms with van der Waals surface area (Å²) in [4.78, 5) is 25.0. The van der Waals surface area contributed by atoms with E-state index in [1.54, 1.807) is 4.90 Å². The molecule has 0 aliphatic rings. The Morgan fingerprint density at radius 1 is 1.12 bits per heavy atom. The van der Waals surface area contributed by atoms with Crippen molar-refractivity contribution in [2.24, 2.45) is 0 Å². The van der Waals surface area contributed by atoms with Crippen LogP contribution in [0.2, 0.25) is 0 Å². The van der Waals surface area contributed by atoms with E-state index in [1.165, 1.54) is 24.3 Å². The number of hydrogen-bond acceptors (Lipinski definition) is 4. The summed E-state index contributed by atoms with van der Waals surface area (Å²) >= 11 is 0. The Morgan fingerprint density at radius 3 is 2.12 bits per heavy atom. The van der Waals surface area contributed by atoms with Crippen LogP contribution in [0.5, 0.6) is 0 Å². The highest BCUT2D eigenvalue weighted by Crippen LogP contribution is 2.14. The number of nitrogens with zero attached hydrogens (tertiary/aromatic N) is 1. The number of hydrogen-bond donors (Lipinski definition) is 2. The Balaban J connectivity index is 2.95. The number of unbranched alkanes of at least 4 members (excludes halogenated alkanes) is 1. The van der Waals surface area contributed by atoms with Gasteiger partial charge in [0.1, 0.15) is 6.04 Å². The predicted molar refractivity (Wildman–Crippen MR) is 95.0 cm³/mol. The second-order valence-electron chi connectivity index (χ2n) is 5.66. The zero-order valence-electron chi connectivity index (χ0n) is 14.9. The average molecular weight is 370 g/mol. The molecule has 1 atom stereocenters. The van der Waals surface area contributed by atoms with Crippen molar-refractivity contribution >= 4 is 21.9 Å². The van der Waals surface area contributed by atoms with Crippen molar-refractivity contribution in [2.75, 3.05) is 13.1 Å². The van der Waals surface area contributed by atoms with Gasteiger partial charge in [0.25, 0.3) is 5.91 Å². The largest absolute Gasteiger partial charge is 0.480 e. The summed E-state index contributed by atoms with van der Waals surface area (Å²) in [6.07, 6.45) is 1.61. The summed E-state index contributed by atoms with van der Waals surface area (Å²) < 4.78 is 27.0. The number of rotatable bonds is 10. The Kier molecular flexibility index (Phi) is 8.05. The maximum absolute atomic E-state index is 12.4. The highest BCUT2D eigenvalue weighted by atomic mass is 32.2. The first kappa shape index (κ1) is 21.1. The van der Waals surface area contributed by atoms with Crippen LogP contribution >= 0.6 is 0 Å². The van der Waals surface area contributed by atoms with Crippen molar-refractivity contribution in [3.8, 4) is 0 Å². The maximum atomic E-state index is 12.4. The quantitative estimate of drug-likeness (QED) is 0.656. The number of carbonyl (C=O) groups is 2. The standard InChI is InChI=1S/C17H26N2O5S/c1-4-7-8-15(17(21)22)18-25(23,24)14-11-9-13(10-12-14)16(20)19(5-2)6-3/h9-12,15,18H,4-8H2,1-3H3,(H,21,22). The second kappa shape index (κ2) is 9.53. The summed E-state index contributed by atoms with van der Waals surface area (Å²) in [5.74, 6) is -1.38. The van der Waals surface area contributed by atoms with Gasteiger partial charge in [-0.25, -0.2) is 8.42 Å². The molecule has 1 amide bonds. The van der Waals surface area contributed by atoms with Gasteiger partial charge in [-0.1, -0.05) is 19.8 Å². The molecule has 1 unspecified atom stereocenters. The van der Waals surface area contributed by atoms with E-state index in [2.05, 4.69) is 4.72 Å². The molecule has 1 rings (SSSR count). The topological polar surface area (TPSA) is 104 Å². The fraction of sp³-hybridized carbons (Fsp3) is 0.529. The van der Waals surface area contributed by atoms with Gasteiger partial charge in [0.15, 0.2) is 0 Å². The summed E-state index contributed by atoms with van der Waals surface area (Å²) in [6.45, 7) is 6.77. The third-order valence-electron chi connectivity index (χ3n) is 3.90. The Hall–Kier alpha value is -1.93. The van der Waals surface area contributed by atoms with Gasteiger partial charge in [0.05, 0.1) is 4.90 Å². The van der Waals surface area contributed by atoms with E-state index in [0.29, 0.717) is 25.1 Å². The molecule has 8 heteroatoms. The Morgan fingerprint density at radius 2 is 1.68 bits per heavy atom. The number of carbonyl (C=O) groups excluding carboxylic acids is 1. The molecule has 0 saturated carbocycles. The van der Waals surface area contributed by atoms with Crippen molar-refractivity contribution in [3.05, 3.63) is 29.8 Å². The molecule has 0 saturated heterocycles. The van der Waals surface area contributed by atoms with Gasteiger partial charge >= 0.3 is 5.97 Å². The number of aliphatic carboxylic acids is 1.